The van der Waals surface area contributed by atoms with Crippen molar-refractivity contribution >= 4 is 23.3 Å². The molecule has 3 aromatic carbocycles. The third kappa shape index (κ3) is 6.17. The third-order valence-corrected chi connectivity index (χ3v) is 5.60. The normalized spacial score (nSPS) is 13.7. The maximum atomic E-state index is 13.3. The first-order chi connectivity index (χ1) is 16.2. The number of aliphatic imine (C=N–C) groups is 1. The second-order valence-electron chi connectivity index (χ2n) is 8.76. The van der Waals surface area contributed by atoms with Crippen molar-refractivity contribution < 1.29 is 14.7 Å². The first-order valence-corrected chi connectivity index (χ1v) is 11.3. The smallest absolute Gasteiger partial charge is 0.328 e. The number of carboxylic acid groups (broad SMARTS) is 1. The molecule has 0 unspecified atom stereocenters. The van der Waals surface area contributed by atoms with Gasteiger partial charge in [0, 0.05) is 17.2 Å². The number of carboxylic acids is 1. The number of hydrogen-bond acceptors (Lipinski definition) is 4. The van der Waals surface area contributed by atoms with Crippen LogP contribution in [0, 0.1) is 0 Å². The number of para-hydroxylation sites is 1. The Morgan fingerprint density at radius 1 is 0.853 bits per heavy atom. The van der Waals surface area contributed by atoms with Crippen LogP contribution < -0.4 is 10.6 Å². The standard InChI is InChI=1S/C28H31N3O3/c1-19(21-13-7-5-8-14-21)31-28(3,4)27(34)30-24-18-12-11-17-23(24)25(29-20(2)26(32)33)22-15-9-6-10-16-22/h5-20,31H,1-4H3,(H,30,34)(H,32,33)/t19-,20+/m0/s1. The van der Waals surface area contributed by atoms with Gasteiger partial charge in [-0.05, 0) is 39.3 Å². The van der Waals surface area contributed by atoms with Crippen LogP contribution in [0.2, 0.25) is 0 Å². The highest BCUT2D eigenvalue weighted by atomic mass is 16.4. The minimum atomic E-state index is -1.02. The van der Waals surface area contributed by atoms with E-state index in [2.05, 4.69) is 15.6 Å². The van der Waals surface area contributed by atoms with E-state index in [9.17, 15) is 14.7 Å². The topological polar surface area (TPSA) is 90.8 Å². The first-order valence-electron chi connectivity index (χ1n) is 11.3. The van der Waals surface area contributed by atoms with E-state index in [0.717, 1.165) is 11.1 Å². The van der Waals surface area contributed by atoms with Crippen LogP contribution in [0.25, 0.3) is 0 Å². The molecule has 2 atom stereocenters. The van der Waals surface area contributed by atoms with Crippen LogP contribution in [0.5, 0.6) is 0 Å². The monoisotopic (exact) mass is 457 g/mol. The fourth-order valence-electron chi connectivity index (χ4n) is 3.65. The molecule has 0 heterocycles. The average molecular weight is 458 g/mol. The van der Waals surface area contributed by atoms with Crippen LogP contribution in [0.3, 0.4) is 0 Å². The van der Waals surface area contributed by atoms with Gasteiger partial charge in [0.1, 0.15) is 6.04 Å². The Bertz CT molecular complexity index is 1160. The molecular weight excluding hydrogens is 426 g/mol. The maximum absolute atomic E-state index is 13.3. The number of nitrogens with zero attached hydrogens (tertiary/aromatic N) is 1. The maximum Gasteiger partial charge on any atom is 0.328 e. The van der Waals surface area contributed by atoms with Crippen molar-refractivity contribution in [1.82, 2.24) is 5.32 Å². The second kappa shape index (κ2) is 10.9. The van der Waals surface area contributed by atoms with Crippen LogP contribution >= 0.6 is 0 Å². The SMILES string of the molecule is C[C@H](NC(C)(C)C(=O)Nc1ccccc1C(=N[C@H](C)C(=O)O)c1ccccc1)c1ccccc1. The predicted octanol–water partition coefficient (Wildman–Crippen LogP) is 5.07. The van der Waals surface area contributed by atoms with Crippen molar-refractivity contribution in [3.05, 3.63) is 102 Å². The summed E-state index contributed by atoms with van der Waals surface area (Å²) in [7, 11) is 0. The minimum absolute atomic E-state index is 0.0324. The summed E-state index contributed by atoms with van der Waals surface area (Å²) in [5.41, 5.74) is 2.71. The highest BCUT2D eigenvalue weighted by Crippen LogP contribution is 2.23. The second-order valence-corrected chi connectivity index (χ2v) is 8.76. The summed E-state index contributed by atoms with van der Waals surface area (Å²) in [6.07, 6.45) is 0. The van der Waals surface area contributed by atoms with E-state index in [1.54, 1.807) is 6.07 Å². The predicted molar refractivity (Wildman–Crippen MR) is 136 cm³/mol. The average Bonchev–Trinajstić information content (AvgIpc) is 2.83. The molecule has 1 amide bonds. The Kier molecular flexibility index (Phi) is 7.97. The Morgan fingerprint density at radius 3 is 2.03 bits per heavy atom. The zero-order valence-electron chi connectivity index (χ0n) is 19.9. The van der Waals surface area contributed by atoms with Gasteiger partial charge in [-0.3, -0.25) is 15.1 Å². The third-order valence-electron chi connectivity index (χ3n) is 5.60. The number of benzene rings is 3. The van der Waals surface area contributed by atoms with Crippen LogP contribution in [-0.2, 0) is 9.59 Å². The van der Waals surface area contributed by atoms with Gasteiger partial charge in [-0.15, -0.1) is 0 Å². The van der Waals surface area contributed by atoms with Crippen LogP contribution in [-0.4, -0.2) is 34.3 Å². The molecule has 0 saturated heterocycles. The van der Waals surface area contributed by atoms with Crippen molar-refractivity contribution in [1.29, 1.82) is 0 Å². The van der Waals surface area contributed by atoms with Crippen molar-refractivity contribution in [2.75, 3.05) is 5.32 Å². The van der Waals surface area contributed by atoms with Gasteiger partial charge < -0.3 is 10.4 Å². The van der Waals surface area contributed by atoms with E-state index in [-0.39, 0.29) is 11.9 Å². The van der Waals surface area contributed by atoms with E-state index in [0.29, 0.717) is 17.0 Å². The first kappa shape index (κ1) is 24.9. The molecule has 0 aliphatic carbocycles. The molecule has 0 aliphatic rings. The fraction of sp³-hybridized carbons (Fsp3) is 0.250. The van der Waals surface area contributed by atoms with E-state index in [1.165, 1.54) is 6.92 Å². The van der Waals surface area contributed by atoms with Gasteiger partial charge in [0.15, 0.2) is 0 Å². The van der Waals surface area contributed by atoms with Gasteiger partial charge in [0.2, 0.25) is 5.91 Å². The number of hydrogen-bond donors (Lipinski definition) is 3. The molecule has 6 nitrogen and oxygen atoms in total. The van der Waals surface area contributed by atoms with E-state index in [1.807, 2.05) is 99.6 Å². The summed E-state index contributed by atoms with van der Waals surface area (Å²) >= 11 is 0. The van der Waals surface area contributed by atoms with Crippen molar-refractivity contribution in [2.45, 2.75) is 45.3 Å². The zero-order chi connectivity index (χ0) is 24.7. The lowest BCUT2D eigenvalue weighted by molar-refractivity contribution is -0.138. The molecule has 0 aromatic heterocycles. The molecule has 3 N–H and O–H groups in total. The lowest BCUT2D eigenvalue weighted by atomic mass is 9.97. The lowest BCUT2D eigenvalue weighted by Crippen LogP contribution is -2.50. The number of rotatable bonds is 9. The number of aliphatic carboxylic acids is 1. The van der Waals surface area contributed by atoms with Gasteiger partial charge in [-0.25, -0.2) is 4.79 Å². The number of anilines is 1. The van der Waals surface area contributed by atoms with Gasteiger partial charge in [0.05, 0.1) is 16.9 Å². The highest BCUT2D eigenvalue weighted by Gasteiger charge is 2.30. The Balaban J connectivity index is 1.91. The lowest BCUT2D eigenvalue weighted by Gasteiger charge is -2.30. The Hall–Kier alpha value is -3.77. The Morgan fingerprint density at radius 2 is 1.41 bits per heavy atom. The van der Waals surface area contributed by atoms with Crippen LogP contribution in [0.15, 0.2) is 89.9 Å². The van der Waals surface area contributed by atoms with E-state index in [4.69, 9.17) is 0 Å². The van der Waals surface area contributed by atoms with Crippen molar-refractivity contribution in [3.8, 4) is 0 Å². The van der Waals surface area contributed by atoms with E-state index < -0.39 is 17.6 Å². The molecular formula is C28H31N3O3. The van der Waals surface area contributed by atoms with Crippen LogP contribution in [0.4, 0.5) is 5.69 Å². The van der Waals surface area contributed by atoms with Crippen molar-refractivity contribution in [3.63, 3.8) is 0 Å². The summed E-state index contributed by atoms with van der Waals surface area (Å²) in [5, 5.41) is 15.9. The van der Waals surface area contributed by atoms with E-state index >= 15 is 0 Å². The number of carbonyl (C=O) groups excluding carboxylic acids is 1. The summed E-state index contributed by atoms with van der Waals surface area (Å²) in [6, 6.07) is 25.7. The summed E-state index contributed by atoms with van der Waals surface area (Å²) in [5.74, 6) is -1.23. The van der Waals surface area contributed by atoms with Gasteiger partial charge in [0.25, 0.3) is 0 Å². The minimum Gasteiger partial charge on any atom is -0.480 e. The molecule has 3 rings (SSSR count). The van der Waals surface area contributed by atoms with Crippen molar-refractivity contribution in [2.24, 2.45) is 4.99 Å². The van der Waals surface area contributed by atoms with Gasteiger partial charge >= 0.3 is 5.97 Å². The fourth-order valence-corrected chi connectivity index (χ4v) is 3.65. The summed E-state index contributed by atoms with van der Waals surface area (Å²) in [4.78, 5) is 29.3. The summed E-state index contributed by atoms with van der Waals surface area (Å²) in [6.45, 7) is 7.22. The quantitative estimate of drug-likeness (QED) is 0.392. The summed E-state index contributed by atoms with van der Waals surface area (Å²) < 4.78 is 0. The van der Waals surface area contributed by atoms with Gasteiger partial charge in [-0.1, -0.05) is 78.9 Å². The number of amides is 1. The van der Waals surface area contributed by atoms with Gasteiger partial charge in [-0.2, -0.15) is 0 Å². The molecule has 176 valence electrons. The molecule has 34 heavy (non-hydrogen) atoms. The molecule has 6 heteroatoms. The largest absolute Gasteiger partial charge is 0.480 e. The Labute approximate surface area is 200 Å². The number of nitrogens with one attached hydrogen (secondary N) is 2. The molecule has 0 saturated carbocycles. The molecule has 0 spiro atoms. The molecule has 0 bridgehead atoms. The van der Waals surface area contributed by atoms with Crippen LogP contribution in [0.1, 0.15) is 50.4 Å². The molecule has 0 radical (unpaired) electrons. The number of carbonyl (C=O) groups is 2. The highest BCUT2D eigenvalue weighted by molar-refractivity contribution is 6.17. The molecule has 0 fully saturated rings. The molecule has 3 aromatic rings. The zero-order valence-corrected chi connectivity index (χ0v) is 19.9. The molecule has 0 aliphatic heterocycles.